The Balaban J connectivity index is 1.22. The molecule has 2 aromatic carbocycles. The molecule has 0 N–H and O–H groups in total. The predicted octanol–water partition coefficient (Wildman–Crippen LogP) is 3.11. The second kappa shape index (κ2) is 13.8. The van der Waals surface area contributed by atoms with E-state index in [0.29, 0.717) is 25.5 Å². The number of hydrogen-bond acceptors (Lipinski definition) is 7. The number of piperazine rings is 1. The zero-order valence-electron chi connectivity index (χ0n) is 23.7. The maximum atomic E-state index is 13.4. The van der Waals surface area contributed by atoms with Crippen LogP contribution in [0.3, 0.4) is 0 Å². The average molecular weight is 555 g/mol. The van der Waals surface area contributed by atoms with E-state index in [-0.39, 0.29) is 24.8 Å². The fourth-order valence-electron chi connectivity index (χ4n) is 5.78. The third kappa shape index (κ3) is 8.16. The molecule has 0 radical (unpaired) electrons. The molecule has 40 heavy (non-hydrogen) atoms. The Morgan fingerprint density at radius 2 is 1.70 bits per heavy atom. The standard InChI is InChI=1S/C31H43FN4O4/c1-33-13-15-36(16-14-33)30(37)22-31(25-39-28-9-7-27(32)8-10-28)24-35(18-20-40-31)23-26-5-4-6-29(21-26)38-19-17-34-11-2-3-12-34/h4-10,21H,2-3,11-20,22-25H2,1H3/t31-/m0/s1. The first-order chi connectivity index (χ1) is 19.5. The third-order valence-corrected chi connectivity index (χ3v) is 8.15. The monoisotopic (exact) mass is 554 g/mol. The number of nitrogens with zero attached hydrogens (tertiary/aromatic N) is 4. The van der Waals surface area contributed by atoms with Gasteiger partial charge in [-0.3, -0.25) is 14.6 Å². The summed E-state index contributed by atoms with van der Waals surface area (Å²) < 4.78 is 32.0. The van der Waals surface area contributed by atoms with Crippen LogP contribution in [0.25, 0.3) is 0 Å². The summed E-state index contributed by atoms with van der Waals surface area (Å²) in [6.45, 7) is 9.96. The third-order valence-electron chi connectivity index (χ3n) is 8.15. The lowest BCUT2D eigenvalue weighted by Crippen LogP contribution is -2.58. The minimum atomic E-state index is -0.795. The molecular weight excluding hydrogens is 511 g/mol. The van der Waals surface area contributed by atoms with Gasteiger partial charge in [0.25, 0.3) is 0 Å². The van der Waals surface area contributed by atoms with Crippen LogP contribution >= 0.6 is 0 Å². The van der Waals surface area contributed by atoms with Gasteiger partial charge < -0.3 is 24.0 Å². The van der Waals surface area contributed by atoms with Crippen molar-refractivity contribution in [3.8, 4) is 11.5 Å². The molecule has 0 bridgehead atoms. The number of likely N-dealkylation sites (tertiary alicyclic amines) is 1. The first kappa shape index (κ1) is 28.8. The highest BCUT2D eigenvalue weighted by Gasteiger charge is 2.41. The van der Waals surface area contributed by atoms with E-state index < -0.39 is 5.60 Å². The molecule has 1 amide bonds. The van der Waals surface area contributed by atoms with Crippen LogP contribution in [0.5, 0.6) is 11.5 Å². The van der Waals surface area contributed by atoms with Crippen LogP contribution in [-0.4, -0.2) is 117 Å². The van der Waals surface area contributed by atoms with Crippen LogP contribution in [0.1, 0.15) is 24.8 Å². The van der Waals surface area contributed by atoms with Crippen molar-refractivity contribution in [2.75, 3.05) is 85.8 Å². The molecule has 3 fully saturated rings. The smallest absolute Gasteiger partial charge is 0.225 e. The van der Waals surface area contributed by atoms with E-state index in [0.717, 1.165) is 51.6 Å². The van der Waals surface area contributed by atoms with E-state index >= 15 is 0 Å². The number of halogens is 1. The van der Waals surface area contributed by atoms with E-state index in [1.807, 2.05) is 17.0 Å². The van der Waals surface area contributed by atoms with E-state index in [1.165, 1.54) is 43.6 Å². The molecule has 2 aromatic rings. The highest BCUT2D eigenvalue weighted by Crippen LogP contribution is 2.27. The maximum absolute atomic E-state index is 13.4. The normalized spacial score (nSPS) is 22.9. The van der Waals surface area contributed by atoms with Crippen molar-refractivity contribution in [1.29, 1.82) is 0 Å². The summed E-state index contributed by atoms with van der Waals surface area (Å²) in [5, 5.41) is 0. The van der Waals surface area contributed by atoms with Crippen LogP contribution in [0.4, 0.5) is 4.39 Å². The fraction of sp³-hybridized carbons (Fsp3) is 0.581. The van der Waals surface area contributed by atoms with Gasteiger partial charge in [0.2, 0.25) is 5.91 Å². The lowest BCUT2D eigenvalue weighted by Gasteiger charge is -2.43. The molecule has 3 saturated heterocycles. The number of ether oxygens (including phenoxy) is 3. The second-order valence-electron chi connectivity index (χ2n) is 11.4. The molecule has 0 aliphatic carbocycles. The van der Waals surface area contributed by atoms with Crippen molar-refractivity contribution in [1.82, 2.24) is 19.6 Å². The van der Waals surface area contributed by atoms with Gasteiger partial charge in [-0.05, 0) is 74.9 Å². The molecule has 5 rings (SSSR count). The summed E-state index contributed by atoms with van der Waals surface area (Å²) in [6.07, 6.45) is 2.81. The zero-order chi connectivity index (χ0) is 27.8. The summed E-state index contributed by atoms with van der Waals surface area (Å²) in [7, 11) is 2.08. The topological polar surface area (TPSA) is 57.7 Å². The van der Waals surface area contributed by atoms with Crippen molar-refractivity contribution in [2.45, 2.75) is 31.4 Å². The number of benzene rings is 2. The van der Waals surface area contributed by atoms with E-state index in [9.17, 15) is 9.18 Å². The summed E-state index contributed by atoms with van der Waals surface area (Å²) in [5.41, 5.74) is 0.371. The SMILES string of the molecule is CN1CCN(C(=O)C[C@@]2(COc3ccc(F)cc3)CN(Cc3cccc(OCCN4CCCC4)c3)CCO2)CC1. The highest BCUT2D eigenvalue weighted by molar-refractivity contribution is 5.77. The lowest BCUT2D eigenvalue weighted by atomic mass is 9.96. The lowest BCUT2D eigenvalue weighted by molar-refractivity contribution is -0.157. The summed E-state index contributed by atoms with van der Waals surface area (Å²) >= 11 is 0. The Labute approximate surface area is 237 Å². The van der Waals surface area contributed by atoms with Crippen molar-refractivity contribution < 1.29 is 23.4 Å². The van der Waals surface area contributed by atoms with Gasteiger partial charge in [0, 0.05) is 52.4 Å². The van der Waals surface area contributed by atoms with Gasteiger partial charge >= 0.3 is 0 Å². The molecule has 1 atom stereocenters. The van der Waals surface area contributed by atoms with Crippen LogP contribution in [0.2, 0.25) is 0 Å². The Morgan fingerprint density at radius 3 is 2.48 bits per heavy atom. The molecule has 8 nitrogen and oxygen atoms in total. The number of morpholine rings is 1. The van der Waals surface area contributed by atoms with Gasteiger partial charge in [0.1, 0.15) is 36.1 Å². The Hall–Kier alpha value is -2.72. The molecule has 0 saturated carbocycles. The number of likely N-dealkylation sites (N-methyl/N-ethyl adjacent to an activating group) is 1. The van der Waals surface area contributed by atoms with Gasteiger partial charge in [0.05, 0.1) is 13.0 Å². The molecule has 3 aliphatic heterocycles. The van der Waals surface area contributed by atoms with E-state index in [1.54, 1.807) is 12.1 Å². The van der Waals surface area contributed by atoms with E-state index in [4.69, 9.17) is 14.2 Å². The first-order valence-corrected chi connectivity index (χ1v) is 14.6. The Kier molecular flexibility index (Phi) is 9.91. The summed E-state index contributed by atoms with van der Waals surface area (Å²) in [6, 6.07) is 14.3. The van der Waals surface area contributed by atoms with Gasteiger partial charge in [0.15, 0.2) is 0 Å². The quantitative estimate of drug-likeness (QED) is 0.423. The number of rotatable bonds is 11. The molecule has 0 spiro atoms. The van der Waals surface area contributed by atoms with Crippen LogP contribution in [0, 0.1) is 5.82 Å². The Morgan fingerprint density at radius 1 is 0.925 bits per heavy atom. The minimum absolute atomic E-state index is 0.0889. The first-order valence-electron chi connectivity index (χ1n) is 14.6. The van der Waals surface area contributed by atoms with Crippen molar-refractivity contribution in [2.24, 2.45) is 0 Å². The number of carbonyl (C=O) groups excluding carboxylic acids is 1. The van der Waals surface area contributed by atoms with Gasteiger partial charge in [-0.2, -0.15) is 0 Å². The molecule has 218 valence electrons. The molecule has 3 aliphatic rings. The predicted molar refractivity (Wildman–Crippen MR) is 152 cm³/mol. The second-order valence-corrected chi connectivity index (χ2v) is 11.4. The van der Waals surface area contributed by atoms with Crippen molar-refractivity contribution in [3.63, 3.8) is 0 Å². The highest BCUT2D eigenvalue weighted by atomic mass is 19.1. The van der Waals surface area contributed by atoms with Crippen LogP contribution < -0.4 is 9.47 Å². The van der Waals surface area contributed by atoms with Crippen LogP contribution in [-0.2, 0) is 16.1 Å². The zero-order valence-corrected chi connectivity index (χ0v) is 23.7. The molecule has 9 heteroatoms. The molecule has 3 heterocycles. The average Bonchev–Trinajstić information content (AvgIpc) is 3.47. The molecule has 0 unspecified atom stereocenters. The maximum Gasteiger partial charge on any atom is 0.225 e. The number of carbonyl (C=O) groups is 1. The molecular formula is C31H43FN4O4. The minimum Gasteiger partial charge on any atom is -0.492 e. The van der Waals surface area contributed by atoms with Gasteiger partial charge in [-0.25, -0.2) is 4.39 Å². The van der Waals surface area contributed by atoms with Gasteiger partial charge in [-0.15, -0.1) is 0 Å². The largest absolute Gasteiger partial charge is 0.492 e. The van der Waals surface area contributed by atoms with E-state index in [2.05, 4.69) is 33.9 Å². The summed E-state index contributed by atoms with van der Waals surface area (Å²) in [4.78, 5) is 22.4. The number of hydrogen-bond donors (Lipinski definition) is 0. The van der Waals surface area contributed by atoms with Gasteiger partial charge in [-0.1, -0.05) is 12.1 Å². The Bertz CT molecular complexity index is 1090. The van der Waals surface area contributed by atoms with Crippen molar-refractivity contribution in [3.05, 3.63) is 59.9 Å². The summed E-state index contributed by atoms with van der Waals surface area (Å²) in [5.74, 6) is 1.23. The fourth-order valence-corrected chi connectivity index (χ4v) is 5.78. The number of amides is 1. The van der Waals surface area contributed by atoms with Crippen molar-refractivity contribution >= 4 is 5.91 Å². The molecule has 0 aromatic heterocycles. The van der Waals surface area contributed by atoms with Crippen LogP contribution in [0.15, 0.2) is 48.5 Å².